The second-order valence-electron chi connectivity index (χ2n) is 5.23. The molecule has 0 aromatic heterocycles. The summed E-state index contributed by atoms with van der Waals surface area (Å²) in [5.41, 5.74) is -0.959. The van der Waals surface area contributed by atoms with Crippen LogP contribution in [0.2, 0.25) is 0 Å². The number of primary sulfonamides is 1. The summed E-state index contributed by atoms with van der Waals surface area (Å²) in [6.45, 7) is 0. The van der Waals surface area contributed by atoms with Crippen molar-refractivity contribution in [2.75, 3.05) is 5.75 Å². The van der Waals surface area contributed by atoms with E-state index in [0.29, 0.717) is 11.6 Å². The second-order valence-corrected chi connectivity index (χ2v) is 8.81. The Hall–Kier alpha value is -1.91. The van der Waals surface area contributed by atoms with Gasteiger partial charge in [0.1, 0.15) is 4.90 Å². The normalized spacial score (nSPS) is 13.0. The number of sulfone groups is 1. The molecule has 0 saturated heterocycles. The number of aryl methyl sites for hydroxylation is 1. The number of halogens is 3. The Kier molecular flexibility index (Phi) is 5.26. The maximum Gasteiger partial charge on any atom is 0.417 e. The van der Waals surface area contributed by atoms with Crippen LogP contribution in [-0.4, -0.2) is 22.6 Å². The van der Waals surface area contributed by atoms with Gasteiger partial charge in [0.15, 0.2) is 9.84 Å². The fourth-order valence-corrected chi connectivity index (χ4v) is 5.25. The summed E-state index contributed by atoms with van der Waals surface area (Å²) in [6.07, 6.45) is -5.12. The molecule has 2 aromatic rings. The van der Waals surface area contributed by atoms with Gasteiger partial charge in [-0.15, -0.1) is 0 Å². The van der Waals surface area contributed by atoms with Gasteiger partial charge in [-0.3, -0.25) is 0 Å². The summed E-state index contributed by atoms with van der Waals surface area (Å²) < 4.78 is 87.9. The number of sulfonamides is 1. The zero-order chi connectivity index (χ0) is 18.9. The number of hydrogen-bond acceptors (Lipinski definition) is 4. The predicted molar refractivity (Wildman–Crippen MR) is 85.0 cm³/mol. The van der Waals surface area contributed by atoms with Gasteiger partial charge >= 0.3 is 6.18 Å². The monoisotopic (exact) mass is 393 g/mol. The van der Waals surface area contributed by atoms with Crippen molar-refractivity contribution in [3.05, 3.63) is 59.7 Å². The first-order chi connectivity index (χ1) is 11.4. The number of rotatable bonds is 5. The molecule has 0 radical (unpaired) electrons. The Morgan fingerprint density at radius 1 is 0.880 bits per heavy atom. The lowest BCUT2D eigenvalue weighted by molar-refractivity contribution is -0.140. The highest BCUT2D eigenvalue weighted by Crippen LogP contribution is 2.37. The van der Waals surface area contributed by atoms with Crippen LogP contribution in [0.1, 0.15) is 11.1 Å². The molecule has 0 unspecified atom stereocenters. The molecule has 0 bridgehead atoms. The van der Waals surface area contributed by atoms with Crippen LogP contribution in [0.25, 0.3) is 0 Å². The highest BCUT2D eigenvalue weighted by Gasteiger charge is 2.40. The first kappa shape index (κ1) is 19.4. The molecule has 0 fully saturated rings. The van der Waals surface area contributed by atoms with E-state index in [0.717, 1.165) is 12.1 Å². The van der Waals surface area contributed by atoms with Crippen molar-refractivity contribution in [3.63, 3.8) is 0 Å². The van der Waals surface area contributed by atoms with Crippen LogP contribution in [0, 0.1) is 0 Å². The maximum atomic E-state index is 13.2. The molecule has 0 aliphatic carbocycles. The molecule has 2 aromatic carbocycles. The van der Waals surface area contributed by atoms with Gasteiger partial charge in [0.2, 0.25) is 10.0 Å². The quantitative estimate of drug-likeness (QED) is 0.844. The molecule has 2 rings (SSSR count). The van der Waals surface area contributed by atoms with Crippen molar-refractivity contribution in [1.29, 1.82) is 0 Å². The van der Waals surface area contributed by atoms with E-state index in [2.05, 4.69) is 0 Å². The molecule has 0 spiro atoms. The number of nitrogens with two attached hydrogens (primary N) is 1. The Morgan fingerprint density at radius 3 is 2.00 bits per heavy atom. The van der Waals surface area contributed by atoms with E-state index in [1.807, 2.05) is 0 Å². The minimum atomic E-state index is -5.05. The Morgan fingerprint density at radius 2 is 1.48 bits per heavy atom. The summed E-state index contributed by atoms with van der Waals surface area (Å²) in [5.74, 6) is -0.688. The van der Waals surface area contributed by atoms with E-state index in [4.69, 9.17) is 5.14 Å². The Balaban J connectivity index is 2.58. The van der Waals surface area contributed by atoms with Gasteiger partial charge in [0.05, 0.1) is 16.2 Å². The zero-order valence-electron chi connectivity index (χ0n) is 12.7. The highest BCUT2D eigenvalue weighted by atomic mass is 32.2. The lowest BCUT2D eigenvalue weighted by Crippen LogP contribution is -2.23. The smallest absolute Gasteiger partial charge is 0.225 e. The third-order valence-corrected chi connectivity index (χ3v) is 6.29. The van der Waals surface area contributed by atoms with E-state index in [1.165, 1.54) is 0 Å². The summed E-state index contributed by atoms with van der Waals surface area (Å²) >= 11 is 0. The van der Waals surface area contributed by atoms with Crippen molar-refractivity contribution >= 4 is 19.9 Å². The van der Waals surface area contributed by atoms with Crippen molar-refractivity contribution in [3.8, 4) is 0 Å². The van der Waals surface area contributed by atoms with Crippen molar-refractivity contribution < 1.29 is 30.0 Å². The van der Waals surface area contributed by atoms with Crippen LogP contribution in [0.15, 0.2) is 58.3 Å². The van der Waals surface area contributed by atoms with Crippen molar-refractivity contribution in [2.24, 2.45) is 5.14 Å². The Labute approximate surface area is 143 Å². The van der Waals surface area contributed by atoms with Crippen LogP contribution in [0.5, 0.6) is 0 Å². The maximum absolute atomic E-state index is 13.2. The average molecular weight is 393 g/mol. The standard InChI is InChI=1S/C15H14F3NO4S2/c16-15(17,18)12-7-4-8-13(25(19,22)23)14(12)24(20,21)10-9-11-5-2-1-3-6-11/h1-8H,9-10H2,(H2,19,22,23). The molecular formula is C15H14F3NO4S2. The minimum Gasteiger partial charge on any atom is -0.225 e. The predicted octanol–water partition coefficient (Wildman–Crippen LogP) is 2.37. The molecule has 0 atom stereocenters. The molecule has 0 aliphatic heterocycles. The van der Waals surface area contributed by atoms with Gasteiger partial charge in [-0.25, -0.2) is 22.0 Å². The van der Waals surface area contributed by atoms with E-state index in [1.54, 1.807) is 30.3 Å². The molecule has 25 heavy (non-hydrogen) atoms. The van der Waals surface area contributed by atoms with Crippen LogP contribution in [-0.2, 0) is 32.5 Å². The molecule has 2 N–H and O–H groups in total. The third kappa shape index (κ3) is 4.59. The van der Waals surface area contributed by atoms with E-state index >= 15 is 0 Å². The van der Waals surface area contributed by atoms with Crippen LogP contribution in [0.3, 0.4) is 0 Å². The van der Waals surface area contributed by atoms with Gasteiger partial charge in [0.25, 0.3) is 0 Å². The minimum absolute atomic E-state index is 0.0700. The molecule has 5 nitrogen and oxygen atoms in total. The summed E-state index contributed by atoms with van der Waals surface area (Å²) in [6, 6.07) is 10.3. The topological polar surface area (TPSA) is 94.3 Å². The average Bonchev–Trinajstić information content (AvgIpc) is 2.52. The number of hydrogen-bond donors (Lipinski definition) is 1. The first-order valence-corrected chi connectivity index (χ1v) is 10.1. The van der Waals surface area contributed by atoms with Crippen LogP contribution in [0.4, 0.5) is 13.2 Å². The van der Waals surface area contributed by atoms with Crippen LogP contribution >= 0.6 is 0 Å². The van der Waals surface area contributed by atoms with Gasteiger partial charge in [-0.1, -0.05) is 36.4 Å². The molecule has 0 amide bonds. The van der Waals surface area contributed by atoms with E-state index in [9.17, 15) is 30.0 Å². The van der Waals surface area contributed by atoms with Gasteiger partial charge in [-0.2, -0.15) is 13.2 Å². The SMILES string of the molecule is NS(=O)(=O)c1cccc(C(F)(F)F)c1S(=O)(=O)CCc1ccccc1. The largest absolute Gasteiger partial charge is 0.417 e. The summed E-state index contributed by atoms with van der Waals surface area (Å²) in [4.78, 5) is -2.36. The molecule has 10 heteroatoms. The lowest BCUT2D eigenvalue weighted by Gasteiger charge is -2.16. The highest BCUT2D eigenvalue weighted by molar-refractivity contribution is 7.93. The van der Waals surface area contributed by atoms with Gasteiger partial charge < -0.3 is 0 Å². The lowest BCUT2D eigenvalue weighted by atomic mass is 10.2. The summed E-state index contributed by atoms with van der Waals surface area (Å²) in [5, 5.41) is 4.91. The molecule has 0 heterocycles. The fourth-order valence-electron chi connectivity index (χ4n) is 2.28. The van der Waals surface area contributed by atoms with E-state index < -0.39 is 47.1 Å². The van der Waals surface area contributed by atoms with Crippen LogP contribution < -0.4 is 5.14 Å². The van der Waals surface area contributed by atoms with Gasteiger partial charge in [0, 0.05) is 0 Å². The Bertz CT molecular complexity index is 970. The fraction of sp³-hybridized carbons (Fsp3) is 0.200. The molecule has 0 saturated carbocycles. The van der Waals surface area contributed by atoms with Crippen molar-refractivity contribution in [1.82, 2.24) is 0 Å². The number of benzene rings is 2. The first-order valence-electron chi connectivity index (χ1n) is 6.92. The molecular weight excluding hydrogens is 379 g/mol. The third-order valence-electron chi connectivity index (χ3n) is 3.40. The molecule has 0 aliphatic rings. The molecule has 136 valence electrons. The summed E-state index contributed by atoms with van der Waals surface area (Å²) in [7, 11) is -9.23. The van der Waals surface area contributed by atoms with Gasteiger partial charge in [-0.05, 0) is 24.1 Å². The van der Waals surface area contributed by atoms with E-state index in [-0.39, 0.29) is 6.42 Å². The second kappa shape index (κ2) is 6.77. The number of alkyl halides is 3. The zero-order valence-corrected chi connectivity index (χ0v) is 14.3. The van der Waals surface area contributed by atoms with Crippen molar-refractivity contribution in [2.45, 2.75) is 22.4 Å².